The first kappa shape index (κ1) is 29.7. The quantitative estimate of drug-likeness (QED) is 0.234. The molecule has 0 fully saturated rings. The van der Waals surface area contributed by atoms with E-state index in [-0.39, 0.29) is 24.4 Å². The summed E-state index contributed by atoms with van der Waals surface area (Å²) in [4.78, 5) is 44.8. The highest BCUT2D eigenvalue weighted by atomic mass is 16.5. The summed E-state index contributed by atoms with van der Waals surface area (Å²) in [6.07, 6.45) is 1.03. The summed E-state index contributed by atoms with van der Waals surface area (Å²) in [6, 6.07) is 34.8. The molecule has 2 unspecified atom stereocenters. The largest absolute Gasteiger partial charge is 0.457 e. The van der Waals surface area contributed by atoms with E-state index in [2.05, 4.69) is 10.6 Å². The second kappa shape index (κ2) is 13.5. The molecule has 0 aliphatic carbocycles. The molecule has 0 bridgehead atoms. The van der Waals surface area contributed by atoms with Gasteiger partial charge in [-0.25, -0.2) is 4.79 Å². The normalized spacial score (nSPS) is 16.7. The molecule has 0 aromatic heterocycles. The van der Waals surface area contributed by atoms with Crippen LogP contribution in [-0.2, 0) is 22.4 Å². The number of rotatable bonds is 11. The summed E-state index contributed by atoms with van der Waals surface area (Å²) in [5, 5.41) is 6.12. The minimum Gasteiger partial charge on any atom is -0.457 e. The van der Waals surface area contributed by atoms with Crippen LogP contribution in [0.2, 0.25) is 0 Å². The van der Waals surface area contributed by atoms with E-state index in [1.807, 2.05) is 122 Å². The highest BCUT2D eigenvalue weighted by Crippen LogP contribution is 2.38. The zero-order valence-electron chi connectivity index (χ0n) is 25.2. The van der Waals surface area contributed by atoms with Crippen LogP contribution in [-0.4, -0.2) is 53.3 Å². The number of urea groups is 1. The van der Waals surface area contributed by atoms with Gasteiger partial charge >= 0.3 is 6.03 Å². The van der Waals surface area contributed by atoms with E-state index >= 15 is 0 Å². The molecule has 2 atom stereocenters. The third-order valence-electron chi connectivity index (χ3n) is 8.24. The zero-order chi connectivity index (χ0) is 31.2. The highest BCUT2D eigenvalue weighted by Gasteiger charge is 2.46. The van der Waals surface area contributed by atoms with Crippen molar-refractivity contribution in [2.24, 2.45) is 0 Å². The maximum atomic E-state index is 14.4. The van der Waals surface area contributed by atoms with Gasteiger partial charge in [0.2, 0.25) is 5.91 Å². The number of carbonyl (C=O) groups is 3. The Labute approximate surface area is 263 Å². The molecule has 0 spiro atoms. The van der Waals surface area contributed by atoms with Gasteiger partial charge < -0.3 is 20.3 Å². The summed E-state index contributed by atoms with van der Waals surface area (Å²) in [7, 11) is 0. The SMILES string of the molecule is CCN1C(=O)NC(c2cccc(Oc3ccccc3)c2)C2=C1CN(C(Cc1ccccc1)C(=O)NCCc1ccccc1)C2=O. The fourth-order valence-electron chi connectivity index (χ4n) is 6.01. The molecule has 6 rings (SSSR count). The highest BCUT2D eigenvalue weighted by molar-refractivity contribution is 6.03. The van der Waals surface area contributed by atoms with Gasteiger partial charge in [-0.3, -0.25) is 14.5 Å². The molecular formula is C37H36N4O4. The second-order valence-electron chi connectivity index (χ2n) is 11.1. The Bertz CT molecular complexity index is 1690. The van der Waals surface area contributed by atoms with E-state index in [1.54, 1.807) is 9.80 Å². The average Bonchev–Trinajstić information content (AvgIpc) is 3.41. The second-order valence-corrected chi connectivity index (χ2v) is 11.1. The minimum atomic E-state index is -0.761. The van der Waals surface area contributed by atoms with Crippen molar-refractivity contribution in [2.75, 3.05) is 19.6 Å². The van der Waals surface area contributed by atoms with Crippen molar-refractivity contribution in [3.8, 4) is 11.5 Å². The van der Waals surface area contributed by atoms with Crippen LogP contribution in [0.15, 0.2) is 127 Å². The monoisotopic (exact) mass is 600 g/mol. The fraction of sp³-hybridized carbons (Fsp3) is 0.216. The van der Waals surface area contributed by atoms with Crippen molar-refractivity contribution in [1.29, 1.82) is 0 Å². The fourth-order valence-corrected chi connectivity index (χ4v) is 6.01. The molecule has 0 saturated carbocycles. The minimum absolute atomic E-state index is 0.162. The van der Waals surface area contributed by atoms with Gasteiger partial charge in [0.05, 0.1) is 23.9 Å². The van der Waals surface area contributed by atoms with E-state index in [0.717, 1.165) is 16.7 Å². The molecule has 2 aliphatic rings. The third kappa shape index (κ3) is 6.60. The van der Waals surface area contributed by atoms with Gasteiger partial charge in [0.15, 0.2) is 0 Å². The molecular weight excluding hydrogens is 564 g/mol. The molecule has 228 valence electrons. The van der Waals surface area contributed by atoms with Crippen LogP contribution < -0.4 is 15.4 Å². The van der Waals surface area contributed by atoms with E-state index < -0.39 is 12.1 Å². The maximum Gasteiger partial charge on any atom is 0.322 e. The lowest BCUT2D eigenvalue weighted by Gasteiger charge is -2.33. The Morgan fingerprint density at radius 3 is 2.20 bits per heavy atom. The van der Waals surface area contributed by atoms with E-state index in [4.69, 9.17) is 4.74 Å². The van der Waals surface area contributed by atoms with E-state index in [1.165, 1.54) is 0 Å². The predicted molar refractivity (Wildman–Crippen MR) is 172 cm³/mol. The van der Waals surface area contributed by atoms with Gasteiger partial charge in [-0.1, -0.05) is 91.0 Å². The van der Waals surface area contributed by atoms with Gasteiger partial charge in [0.25, 0.3) is 5.91 Å². The first-order chi connectivity index (χ1) is 22.0. The lowest BCUT2D eigenvalue weighted by molar-refractivity contribution is -0.136. The molecule has 2 aliphatic heterocycles. The lowest BCUT2D eigenvalue weighted by atomic mass is 9.95. The van der Waals surface area contributed by atoms with Crippen LogP contribution in [0.5, 0.6) is 11.5 Å². The van der Waals surface area contributed by atoms with Crippen LogP contribution in [0.4, 0.5) is 4.79 Å². The van der Waals surface area contributed by atoms with Crippen LogP contribution in [0.3, 0.4) is 0 Å². The molecule has 4 amide bonds. The lowest BCUT2D eigenvalue weighted by Crippen LogP contribution is -2.50. The van der Waals surface area contributed by atoms with Gasteiger partial charge in [-0.2, -0.15) is 0 Å². The Hall–Kier alpha value is -5.37. The maximum absolute atomic E-state index is 14.4. The van der Waals surface area contributed by atoms with E-state index in [0.29, 0.717) is 48.7 Å². The van der Waals surface area contributed by atoms with Crippen molar-refractivity contribution >= 4 is 17.8 Å². The number of benzene rings is 4. The van der Waals surface area contributed by atoms with Crippen molar-refractivity contribution in [2.45, 2.75) is 31.8 Å². The van der Waals surface area contributed by atoms with Crippen LogP contribution in [0.1, 0.15) is 29.7 Å². The number of hydrogen-bond donors (Lipinski definition) is 2. The first-order valence-electron chi connectivity index (χ1n) is 15.3. The number of carbonyl (C=O) groups excluding carboxylic acids is 3. The molecule has 8 nitrogen and oxygen atoms in total. The molecule has 2 N–H and O–H groups in total. The Kier molecular flexibility index (Phi) is 8.91. The standard InChI is InChI=1S/C37H36N4O4/c1-2-40-32-25-41(31(23-27-15-8-4-9-16-27)35(42)38-22-21-26-13-6-3-7-14-26)36(43)33(32)34(39-37(40)44)28-17-12-20-30(24-28)45-29-18-10-5-11-19-29/h3-20,24,31,34H,2,21-23,25H2,1H3,(H,38,42)(H,39,44). The molecule has 2 heterocycles. The number of hydrogen-bond acceptors (Lipinski definition) is 4. The van der Waals surface area contributed by atoms with Crippen molar-refractivity contribution in [3.05, 3.63) is 143 Å². The number of amides is 4. The van der Waals surface area contributed by atoms with Crippen molar-refractivity contribution in [1.82, 2.24) is 20.4 Å². The summed E-state index contributed by atoms with van der Waals surface area (Å²) >= 11 is 0. The molecule has 8 heteroatoms. The van der Waals surface area contributed by atoms with Gasteiger partial charge in [-0.15, -0.1) is 0 Å². The Morgan fingerprint density at radius 2 is 1.51 bits per heavy atom. The van der Waals surface area contributed by atoms with Crippen molar-refractivity contribution < 1.29 is 19.1 Å². The third-order valence-corrected chi connectivity index (χ3v) is 8.24. The summed E-state index contributed by atoms with van der Waals surface area (Å²) in [5.74, 6) is 0.793. The molecule has 4 aromatic rings. The predicted octanol–water partition coefficient (Wildman–Crippen LogP) is 5.63. The van der Waals surface area contributed by atoms with Gasteiger partial charge in [0.1, 0.15) is 17.5 Å². The zero-order valence-corrected chi connectivity index (χ0v) is 25.2. The van der Waals surface area contributed by atoms with Crippen molar-refractivity contribution in [3.63, 3.8) is 0 Å². The summed E-state index contributed by atoms with van der Waals surface area (Å²) in [5.41, 5.74) is 3.89. The Morgan fingerprint density at radius 1 is 0.867 bits per heavy atom. The molecule has 4 aromatic carbocycles. The number of nitrogens with one attached hydrogen (secondary N) is 2. The van der Waals surface area contributed by atoms with Gasteiger partial charge in [0, 0.05) is 19.5 Å². The number of ether oxygens (including phenoxy) is 1. The summed E-state index contributed by atoms with van der Waals surface area (Å²) in [6.45, 7) is 2.88. The number of para-hydroxylation sites is 1. The number of nitrogens with zero attached hydrogens (tertiary/aromatic N) is 2. The first-order valence-corrected chi connectivity index (χ1v) is 15.3. The van der Waals surface area contributed by atoms with E-state index in [9.17, 15) is 14.4 Å². The van der Waals surface area contributed by atoms with Crippen LogP contribution >= 0.6 is 0 Å². The van der Waals surface area contributed by atoms with Crippen LogP contribution in [0.25, 0.3) is 0 Å². The van der Waals surface area contributed by atoms with Crippen LogP contribution in [0, 0.1) is 0 Å². The molecule has 0 radical (unpaired) electrons. The Balaban J connectivity index is 1.28. The topological polar surface area (TPSA) is 91.0 Å². The summed E-state index contributed by atoms with van der Waals surface area (Å²) < 4.78 is 6.06. The average molecular weight is 601 g/mol. The molecule has 45 heavy (non-hydrogen) atoms. The smallest absolute Gasteiger partial charge is 0.322 e. The number of likely N-dealkylation sites (N-methyl/N-ethyl adjacent to an activating group) is 1. The molecule has 0 saturated heterocycles. The van der Waals surface area contributed by atoms with Gasteiger partial charge in [-0.05, 0) is 54.3 Å².